The van der Waals surface area contributed by atoms with E-state index in [1.165, 1.54) is 12.4 Å². The number of aryl methyl sites for hydroxylation is 2. The first-order valence-corrected chi connectivity index (χ1v) is 10.5. The van der Waals surface area contributed by atoms with Crippen LogP contribution in [0.2, 0.25) is 5.02 Å². The lowest BCUT2D eigenvalue weighted by atomic mass is 10.2. The van der Waals surface area contributed by atoms with Gasteiger partial charge in [0.1, 0.15) is 24.3 Å². The monoisotopic (exact) mass is 420 g/mol. The molecule has 0 radical (unpaired) electrons. The Morgan fingerprint density at radius 2 is 1.86 bits per heavy atom. The third kappa shape index (κ3) is 4.49. The minimum Gasteiger partial charge on any atom is -0.369 e. The van der Waals surface area contributed by atoms with Crippen LogP contribution in [0, 0.1) is 20.8 Å². The van der Waals surface area contributed by atoms with Gasteiger partial charge in [0, 0.05) is 29.9 Å². The predicted molar refractivity (Wildman–Crippen MR) is 108 cm³/mol. The molecule has 3 aromatic rings. The van der Waals surface area contributed by atoms with Crippen molar-refractivity contribution in [2.75, 3.05) is 18.4 Å². The zero-order valence-corrected chi connectivity index (χ0v) is 17.3. The summed E-state index contributed by atoms with van der Waals surface area (Å²) in [4.78, 5) is 12.9. The van der Waals surface area contributed by atoms with Gasteiger partial charge in [-0.2, -0.15) is 0 Å². The Morgan fingerprint density at radius 3 is 2.57 bits per heavy atom. The molecule has 148 valence electrons. The van der Waals surface area contributed by atoms with E-state index in [1.54, 1.807) is 31.5 Å². The highest BCUT2D eigenvalue weighted by Gasteiger charge is 2.16. The molecular weight excluding hydrogens is 400 g/mol. The number of imidazole rings is 1. The maximum atomic E-state index is 12.5. The lowest BCUT2D eigenvalue weighted by Gasteiger charge is -2.11. The minimum absolute atomic E-state index is 0.176. The quantitative estimate of drug-likeness (QED) is 0.570. The molecule has 0 amide bonds. The molecule has 0 aliphatic rings. The molecule has 0 fully saturated rings. The van der Waals surface area contributed by atoms with Crippen molar-refractivity contribution in [1.29, 1.82) is 0 Å². The minimum atomic E-state index is -3.64. The van der Waals surface area contributed by atoms with Gasteiger partial charge in [-0.1, -0.05) is 17.7 Å². The van der Waals surface area contributed by atoms with E-state index in [0.29, 0.717) is 28.8 Å². The molecule has 0 aliphatic carbocycles. The first-order chi connectivity index (χ1) is 13.3. The van der Waals surface area contributed by atoms with Crippen LogP contribution in [-0.4, -0.2) is 41.0 Å². The Morgan fingerprint density at radius 1 is 1.07 bits per heavy atom. The first-order valence-electron chi connectivity index (χ1n) is 8.60. The van der Waals surface area contributed by atoms with Crippen molar-refractivity contribution in [3.8, 4) is 5.82 Å². The molecule has 2 aromatic heterocycles. The SMILES string of the molecule is Cc1ccc(Cl)cc1S(=O)(=O)NCCNc1cc(-n2cnc(C)c2C)ncn1. The van der Waals surface area contributed by atoms with Crippen LogP contribution in [0.15, 0.2) is 41.8 Å². The maximum absolute atomic E-state index is 12.5. The summed E-state index contributed by atoms with van der Waals surface area (Å²) in [6.45, 7) is 6.17. The average Bonchev–Trinajstić information content (AvgIpc) is 3.00. The molecule has 28 heavy (non-hydrogen) atoms. The fourth-order valence-corrected chi connectivity index (χ4v) is 4.16. The smallest absolute Gasteiger partial charge is 0.240 e. The lowest BCUT2D eigenvalue weighted by molar-refractivity contribution is 0.582. The molecule has 10 heteroatoms. The number of nitrogens with zero attached hydrogens (tertiary/aromatic N) is 4. The summed E-state index contributed by atoms with van der Waals surface area (Å²) in [7, 11) is -3.64. The number of anilines is 1. The van der Waals surface area contributed by atoms with Gasteiger partial charge in [-0.05, 0) is 38.5 Å². The third-order valence-corrected chi connectivity index (χ3v) is 6.15. The Kier molecular flexibility index (Phi) is 5.97. The van der Waals surface area contributed by atoms with E-state index in [2.05, 4.69) is 25.0 Å². The van der Waals surface area contributed by atoms with Crippen molar-refractivity contribution in [3.63, 3.8) is 0 Å². The Bertz CT molecular complexity index is 1100. The summed E-state index contributed by atoms with van der Waals surface area (Å²) < 4.78 is 29.4. The van der Waals surface area contributed by atoms with Crippen LogP contribution >= 0.6 is 11.6 Å². The summed E-state index contributed by atoms with van der Waals surface area (Å²) in [6, 6.07) is 6.56. The molecule has 0 aliphatic heterocycles. The van der Waals surface area contributed by atoms with Crippen molar-refractivity contribution < 1.29 is 8.42 Å². The van der Waals surface area contributed by atoms with Crippen molar-refractivity contribution in [3.05, 3.63) is 58.9 Å². The predicted octanol–water partition coefficient (Wildman–Crippen LogP) is 2.63. The van der Waals surface area contributed by atoms with Gasteiger partial charge >= 0.3 is 0 Å². The van der Waals surface area contributed by atoms with Gasteiger partial charge in [-0.25, -0.2) is 28.1 Å². The third-order valence-electron chi connectivity index (χ3n) is 4.31. The van der Waals surface area contributed by atoms with Crippen LogP contribution in [-0.2, 0) is 10.0 Å². The van der Waals surface area contributed by atoms with Gasteiger partial charge in [0.05, 0.1) is 10.6 Å². The van der Waals surface area contributed by atoms with Crippen LogP contribution in [0.1, 0.15) is 17.0 Å². The first kappa shape index (κ1) is 20.2. The number of rotatable bonds is 7. The molecular formula is C18H21ClN6O2S. The summed E-state index contributed by atoms with van der Waals surface area (Å²) in [6.07, 6.45) is 3.16. The number of sulfonamides is 1. The normalized spacial score (nSPS) is 11.6. The fraction of sp³-hybridized carbons (Fsp3) is 0.278. The molecule has 8 nitrogen and oxygen atoms in total. The molecule has 2 heterocycles. The van der Waals surface area contributed by atoms with Crippen LogP contribution in [0.3, 0.4) is 0 Å². The number of nitrogens with one attached hydrogen (secondary N) is 2. The van der Waals surface area contributed by atoms with Gasteiger partial charge < -0.3 is 5.32 Å². The van der Waals surface area contributed by atoms with Gasteiger partial charge in [0.15, 0.2) is 0 Å². The van der Waals surface area contributed by atoms with E-state index in [-0.39, 0.29) is 11.4 Å². The summed E-state index contributed by atoms with van der Waals surface area (Å²) in [5, 5.41) is 3.47. The van der Waals surface area contributed by atoms with E-state index in [9.17, 15) is 8.42 Å². The van der Waals surface area contributed by atoms with E-state index in [0.717, 1.165) is 11.4 Å². The van der Waals surface area contributed by atoms with Gasteiger partial charge in [0.2, 0.25) is 10.0 Å². The Balaban J connectivity index is 1.62. The van der Waals surface area contributed by atoms with Gasteiger partial charge in [-0.3, -0.25) is 4.57 Å². The van der Waals surface area contributed by atoms with Crippen molar-refractivity contribution in [2.45, 2.75) is 25.7 Å². The van der Waals surface area contributed by atoms with Crippen LogP contribution in [0.25, 0.3) is 5.82 Å². The number of aromatic nitrogens is 4. The fourth-order valence-electron chi connectivity index (χ4n) is 2.62. The molecule has 0 bridgehead atoms. The molecule has 0 atom stereocenters. The molecule has 3 rings (SSSR count). The molecule has 2 N–H and O–H groups in total. The Hall–Kier alpha value is -2.49. The molecule has 0 saturated heterocycles. The van der Waals surface area contributed by atoms with Crippen molar-refractivity contribution in [2.24, 2.45) is 0 Å². The van der Waals surface area contributed by atoms with E-state index < -0.39 is 10.0 Å². The average molecular weight is 421 g/mol. The summed E-state index contributed by atoms with van der Waals surface area (Å²) in [5.74, 6) is 1.28. The number of benzene rings is 1. The molecule has 0 unspecified atom stereocenters. The maximum Gasteiger partial charge on any atom is 0.240 e. The second-order valence-electron chi connectivity index (χ2n) is 6.28. The topological polar surface area (TPSA) is 102 Å². The standard InChI is InChI=1S/C18H21ClN6O2S/c1-12-4-5-15(19)8-16(12)28(26,27)24-7-6-20-17-9-18(22-10-21-17)25-11-23-13(2)14(25)3/h4-5,8-11,24H,6-7H2,1-3H3,(H,20,21,22). The molecule has 0 saturated carbocycles. The van der Waals surface area contributed by atoms with Crippen LogP contribution in [0.5, 0.6) is 0 Å². The second kappa shape index (κ2) is 8.26. The number of hydrogen-bond donors (Lipinski definition) is 2. The van der Waals surface area contributed by atoms with Crippen LogP contribution in [0.4, 0.5) is 5.82 Å². The van der Waals surface area contributed by atoms with E-state index in [4.69, 9.17) is 11.6 Å². The van der Waals surface area contributed by atoms with E-state index in [1.807, 2.05) is 18.4 Å². The Labute approximate surface area is 169 Å². The van der Waals surface area contributed by atoms with Gasteiger partial charge in [-0.15, -0.1) is 0 Å². The number of hydrogen-bond acceptors (Lipinski definition) is 6. The highest BCUT2D eigenvalue weighted by Crippen LogP contribution is 2.20. The second-order valence-corrected chi connectivity index (χ2v) is 8.45. The zero-order valence-electron chi connectivity index (χ0n) is 15.8. The van der Waals surface area contributed by atoms with Crippen LogP contribution < -0.4 is 10.0 Å². The van der Waals surface area contributed by atoms with Crippen molar-refractivity contribution >= 4 is 27.4 Å². The molecule has 0 spiro atoms. The van der Waals surface area contributed by atoms with E-state index >= 15 is 0 Å². The zero-order chi connectivity index (χ0) is 20.3. The lowest BCUT2D eigenvalue weighted by Crippen LogP contribution is -2.29. The number of halogens is 1. The van der Waals surface area contributed by atoms with Gasteiger partial charge in [0.25, 0.3) is 0 Å². The van der Waals surface area contributed by atoms with Crippen molar-refractivity contribution in [1.82, 2.24) is 24.2 Å². The highest BCUT2D eigenvalue weighted by atomic mass is 35.5. The molecule has 1 aromatic carbocycles. The summed E-state index contributed by atoms with van der Waals surface area (Å²) >= 11 is 5.92. The highest BCUT2D eigenvalue weighted by molar-refractivity contribution is 7.89. The largest absolute Gasteiger partial charge is 0.369 e. The summed E-state index contributed by atoms with van der Waals surface area (Å²) in [5.41, 5.74) is 2.56.